The normalized spacial score (nSPS) is 23.4. The molecule has 1 saturated carbocycles. The fourth-order valence-electron chi connectivity index (χ4n) is 4.28. The van der Waals surface area contributed by atoms with Gasteiger partial charge in [-0.3, -0.25) is 4.79 Å². The predicted octanol–water partition coefficient (Wildman–Crippen LogP) is 3.10. The number of hydrogen-bond donors (Lipinski definition) is 2. The van der Waals surface area contributed by atoms with Crippen molar-refractivity contribution in [2.75, 3.05) is 0 Å². The van der Waals surface area contributed by atoms with E-state index in [4.69, 9.17) is 4.74 Å². The summed E-state index contributed by atoms with van der Waals surface area (Å²) in [6.07, 6.45) is 3.30. The van der Waals surface area contributed by atoms with Crippen LogP contribution in [0.4, 0.5) is 4.39 Å². The van der Waals surface area contributed by atoms with Gasteiger partial charge in [-0.15, -0.1) is 0 Å². The van der Waals surface area contributed by atoms with Gasteiger partial charge in [0.2, 0.25) is 5.91 Å². The van der Waals surface area contributed by atoms with Gasteiger partial charge in [-0.2, -0.15) is 5.26 Å². The van der Waals surface area contributed by atoms with E-state index < -0.39 is 11.9 Å². The molecule has 1 saturated heterocycles. The van der Waals surface area contributed by atoms with E-state index in [1.807, 2.05) is 30.3 Å². The molecule has 2 aromatic carbocycles. The van der Waals surface area contributed by atoms with Gasteiger partial charge in [0, 0.05) is 18.5 Å². The van der Waals surface area contributed by atoms with Crippen molar-refractivity contribution in [3.63, 3.8) is 0 Å². The second kappa shape index (κ2) is 8.62. The Hall–Kier alpha value is -2.91. The van der Waals surface area contributed by atoms with Crippen LogP contribution in [0.15, 0.2) is 48.5 Å². The number of hydrogen-bond acceptors (Lipinski definition) is 4. The molecule has 6 heteroatoms. The number of benzene rings is 2. The molecule has 4 rings (SSSR count). The summed E-state index contributed by atoms with van der Waals surface area (Å²) in [6, 6.07) is 15.8. The van der Waals surface area contributed by atoms with Crippen LogP contribution in [0.5, 0.6) is 5.75 Å². The van der Waals surface area contributed by atoms with Gasteiger partial charge in [-0.1, -0.05) is 36.4 Å². The Balaban J connectivity index is 1.33. The lowest BCUT2D eigenvalue weighted by Gasteiger charge is -2.23. The summed E-state index contributed by atoms with van der Waals surface area (Å²) < 4.78 is 20.2. The molecule has 2 aliphatic rings. The molecule has 0 unspecified atom stereocenters. The third kappa shape index (κ3) is 4.57. The zero-order valence-electron chi connectivity index (χ0n) is 16.1. The Morgan fingerprint density at radius 2 is 2.10 bits per heavy atom. The molecular formula is C23H24FN3O2. The fourth-order valence-corrected chi connectivity index (χ4v) is 4.28. The number of piperidine rings is 1. The third-order valence-corrected chi connectivity index (χ3v) is 5.81. The first kappa shape index (κ1) is 19.4. The Morgan fingerprint density at radius 1 is 1.28 bits per heavy atom. The van der Waals surface area contributed by atoms with Crippen LogP contribution >= 0.6 is 0 Å². The van der Waals surface area contributed by atoms with Gasteiger partial charge in [-0.05, 0) is 42.4 Å². The number of carbonyl (C=O) groups is 1. The van der Waals surface area contributed by atoms with Crippen molar-refractivity contribution in [1.29, 1.82) is 5.26 Å². The summed E-state index contributed by atoms with van der Waals surface area (Å²) in [4.78, 5) is 12.5. The maximum absolute atomic E-state index is 14.5. The fraction of sp³-hybridized carbons (Fsp3) is 0.391. The number of nitrogens with one attached hydrogen (secondary N) is 2. The number of ether oxygens (including phenoxy) is 1. The molecule has 2 fully saturated rings. The molecule has 0 spiro atoms. The Kier molecular flexibility index (Phi) is 5.77. The molecule has 150 valence electrons. The summed E-state index contributed by atoms with van der Waals surface area (Å²) in [7, 11) is 0. The maximum atomic E-state index is 14.5. The highest BCUT2D eigenvalue weighted by Crippen LogP contribution is 2.35. The lowest BCUT2D eigenvalue weighted by Crippen LogP contribution is -2.50. The molecule has 1 aliphatic carbocycles. The van der Waals surface area contributed by atoms with Crippen LogP contribution in [-0.4, -0.2) is 24.0 Å². The van der Waals surface area contributed by atoms with E-state index in [0.29, 0.717) is 29.9 Å². The van der Waals surface area contributed by atoms with E-state index in [9.17, 15) is 14.4 Å². The molecule has 2 N–H and O–H groups in total. The smallest absolute Gasteiger partial charge is 0.238 e. The lowest BCUT2D eigenvalue weighted by molar-refractivity contribution is -0.124. The number of rotatable bonds is 7. The SMILES string of the molecule is N#C[C@H](Cc1ccc(OCc2ccccc2)cc1F)NC(=O)[C@H]1N[C@@H]2CC[C@H]1C2. The third-order valence-electron chi connectivity index (χ3n) is 5.81. The molecule has 4 atom stereocenters. The van der Waals surface area contributed by atoms with Crippen molar-refractivity contribution < 1.29 is 13.9 Å². The highest BCUT2D eigenvalue weighted by molar-refractivity contribution is 5.83. The summed E-state index contributed by atoms with van der Waals surface area (Å²) in [5.74, 6) is 0.172. The van der Waals surface area contributed by atoms with Crippen LogP contribution in [-0.2, 0) is 17.8 Å². The number of carbonyl (C=O) groups excluding carboxylic acids is 1. The van der Waals surface area contributed by atoms with E-state index in [-0.39, 0.29) is 18.4 Å². The molecule has 1 heterocycles. The first-order valence-corrected chi connectivity index (χ1v) is 10.0. The zero-order chi connectivity index (χ0) is 20.2. The second-order valence-electron chi connectivity index (χ2n) is 7.84. The molecule has 1 aliphatic heterocycles. The molecule has 0 radical (unpaired) electrons. The van der Waals surface area contributed by atoms with Crippen LogP contribution in [0.25, 0.3) is 0 Å². The van der Waals surface area contributed by atoms with E-state index in [0.717, 1.165) is 24.8 Å². The highest BCUT2D eigenvalue weighted by Gasteiger charge is 2.43. The van der Waals surface area contributed by atoms with Gasteiger partial charge >= 0.3 is 0 Å². The van der Waals surface area contributed by atoms with Gasteiger partial charge in [0.05, 0.1) is 12.1 Å². The van der Waals surface area contributed by atoms with E-state index in [1.165, 1.54) is 6.07 Å². The van der Waals surface area contributed by atoms with Gasteiger partial charge in [0.15, 0.2) is 0 Å². The Labute approximate surface area is 169 Å². The van der Waals surface area contributed by atoms with Crippen molar-refractivity contribution in [1.82, 2.24) is 10.6 Å². The molecule has 0 aromatic heterocycles. The number of fused-ring (bicyclic) bond motifs is 2. The van der Waals surface area contributed by atoms with Crippen molar-refractivity contribution >= 4 is 5.91 Å². The standard InChI is InChI=1S/C23H24FN3O2/c24-21-12-20(29-14-15-4-2-1-3-5-15)9-7-16(21)10-19(13-25)27-23(28)22-17-6-8-18(11-17)26-22/h1-5,7,9,12,17-19,22,26H,6,8,10-11,14H2,(H,27,28)/t17-,18+,19-,22-/m0/s1. The Morgan fingerprint density at radius 3 is 2.76 bits per heavy atom. The number of nitrogens with zero attached hydrogens (tertiary/aromatic N) is 1. The molecular weight excluding hydrogens is 369 g/mol. The molecule has 29 heavy (non-hydrogen) atoms. The number of amides is 1. The van der Waals surface area contributed by atoms with E-state index >= 15 is 0 Å². The van der Waals surface area contributed by atoms with E-state index in [2.05, 4.69) is 16.7 Å². The van der Waals surface area contributed by atoms with Crippen molar-refractivity contribution in [2.24, 2.45) is 5.92 Å². The van der Waals surface area contributed by atoms with Gasteiger partial charge in [-0.25, -0.2) is 4.39 Å². The van der Waals surface area contributed by atoms with Crippen LogP contribution in [0.2, 0.25) is 0 Å². The average molecular weight is 393 g/mol. The molecule has 1 amide bonds. The maximum Gasteiger partial charge on any atom is 0.238 e. The average Bonchev–Trinajstić information content (AvgIpc) is 3.38. The van der Waals surface area contributed by atoms with Crippen LogP contribution in [0.1, 0.15) is 30.4 Å². The van der Waals surface area contributed by atoms with Gasteiger partial charge in [0.25, 0.3) is 0 Å². The monoisotopic (exact) mass is 393 g/mol. The van der Waals surface area contributed by atoms with Crippen molar-refractivity contribution in [3.05, 3.63) is 65.5 Å². The predicted molar refractivity (Wildman–Crippen MR) is 106 cm³/mol. The Bertz CT molecular complexity index is 912. The van der Waals surface area contributed by atoms with Crippen LogP contribution in [0.3, 0.4) is 0 Å². The minimum Gasteiger partial charge on any atom is -0.489 e. The summed E-state index contributed by atoms with van der Waals surface area (Å²) in [5, 5.41) is 15.5. The molecule has 2 aromatic rings. The van der Waals surface area contributed by atoms with Crippen molar-refractivity contribution in [3.8, 4) is 11.8 Å². The van der Waals surface area contributed by atoms with Gasteiger partial charge < -0.3 is 15.4 Å². The highest BCUT2D eigenvalue weighted by atomic mass is 19.1. The number of halogens is 1. The first-order chi connectivity index (χ1) is 14.1. The minimum absolute atomic E-state index is 0.119. The summed E-state index contributed by atoms with van der Waals surface area (Å²) in [6.45, 7) is 0.354. The second-order valence-corrected chi connectivity index (χ2v) is 7.84. The van der Waals surface area contributed by atoms with Gasteiger partial charge in [0.1, 0.15) is 24.2 Å². The lowest BCUT2D eigenvalue weighted by atomic mass is 9.98. The number of nitriles is 1. The van der Waals surface area contributed by atoms with Crippen LogP contribution < -0.4 is 15.4 Å². The molecule has 5 nitrogen and oxygen atoms in total. The van der Waals surface area contributed by atoms with Crippen molar-refractivity contribution in [2.45, 2.75) is 50.4 Å². The molecule has 2 bridgehead atoms. The quantitative estimate of drug-likeness (QED) is 0.758. The first-order valence-electron chi connectivity index (χ1n) is 10.0. The summed E-state index contributed by atoms with van der Waals surface area (Å²) in [5.41, 5.74) is 1.38. The van der Waals surface area contributed by atoms with Crippen LogP contribution in [0, 0.1) is 23.1 Å². The summed E-state index contributed by atoms with van der Waals surface area (Å²) >= 11 is 0. The zero-order valence-corrected chi connectivity index (χ0v) is 16.1. The minimum atomic E-state index is -0.769. The topological polar surface area (TPSA) is 74.1 Å². The van der Waals surface area contributed by atoms with E-state index in [1.54, 1.807) is 12.1 Å². The largest absolute Gasteiger partial charge is 0.489 e.